The number of hydrogen-bond acceptors (Lipinski definition) is 1. The summed E-state index contributed by atoms with van der Waals surface area (Å²) in [5.74, 6) is -1.55. The third kappa shape index (κ3) is 4.19. The number of likely N-dealkylation sites (tertiary alicyclic amines) is 1. The van der Waals surface area contributed by atoms with E-state index in [1.807, 2.05) is 0 Å². The Morgan fingerprint density at radius 2 is 2.05 bits per heavy atom. The van der Waals surface area contributed by atoms with E-state index in [-0.39, 0.29) is 18.8 Å². The van der Waals surface area contributed by atoms with E-state index in [1.54, 1.807) is 17.0 Å². The smallest absolute Gasteiger partial charge is 0.302 e. The van der Waals surface area contributed by atoms with Gasteiger partial charge in [-0.2, -0.15) is 13.2 Å². The molecule has 0 aliphatic carbocycles. The Bertz CT molecular complexity index is 461. The van der Waals surface area contributed by atoms with Crippen molar-refractivity contribution in [2.24, 2.45) is 5.92 Å². The lowest BCUT2D eigenvalue weighted by Crippen LogP contribution is -2.42. The minimum absolute atomic E-state index is 0.0269. The molecule has 0 aromatic heterocycles. The fourth-order valence-electron chi connectivity index (χ4n) is 2.54. The van der Waals surface area contributed by atoms with Crippen molar-refractivity contribution in [2.75, 3.05) is 19.6 Å². The number of rotatable bonds is 3. The molecule has 1 unspecified atom stereocenters. The number of piperidine rings is 1. The number of nitrogens with zero attached hydrogens (tertiary/aromatic N) is 1. The number of hydrogen-bond donors (Lipinski definition) is 0. The molecule has 1 saturated heterocycles. The van der Waals surface area contributed by atoms with Crippen LogP contribution in [0.2, 0.25) is 0 Å². The molecule has 0 amide bonds. The van der Waals surface area contributed by atoms with E-state index < -0.39 is 12.1 Å². The van der Waals surface area contributed by atoms with Crippen LogP contribution >= 0.6 is 15.9 Å². The minimum atomic E-state index is -4.13. The summed E-state index contributed by atoms with van der Waals surface area (Å²) < 4.78 is 52.5. The monoisotopic (exact) mass is 353 g/mol. The number of alkyl halides is 3. The van der Waals surface area contributed by atoms with Gasteiger partial charge in [-0.05, 0) is 49.6 Å². The summed E-state index contributed by atoms with van der Waals surface area (Å²) in [7, 11) is 0. The van der Waals surface area contributed by atoms with Crippen LogP contribution in [-0.4, -0.2) is 30.7 Å². The van der Waals surface area contributed by atoms with Crippen LogP contribution in [-0.2, 0) is 6.42 Å². The highest BCUT2D eigenvalue weighted by molar-refractivity contribution is 9.10. The minimum Gasteiger partial charge on any atom is -0.302 e. The Hall–Kier alpha value is -0.620. The van der Waals surface area contributed by atoms with Crippen molar-refractivity contribution < 1.29 is 17.6 Å². The molecule has 112 valence electrons. The first-order chi connectivity index (χ1) is 9.36. The van der Waals surface area contributed by atoms with Crippen LogP contribution in [0, 0.1) is 11.7 Å². The summed E-state index contributed by atoms with van der Waals surface area (Å²) in [6.07, 6.45) is -2.95. The Morgan fingerprint density at radius 3 is 2.75 bits per heavy atom. The lowest BCUT2D eigenvalue weighted by atomic mass is 9.97. The largest absolute Gasteiger partial charge is 0.393 e. The molecular weight excluding hydrogens is 338 g/mol. The van der Waals surface area contributed by atoms with E-state index in [1.165, 1.54) is 6.07 Å². The van der Waals surface area contributed by atoms with Crippen molar-refractivity contribution in [2.45, 2.75) is 25.4 Å². The predicted molar refractivity (Wildman–Crippen MR) is 73.0 cm³/mol. The van der Waals surface area contributed by atoms with Crippen molar-refractivity contribution in [3.8, 4) is 0 Å². The maximum atomic E-state index is 13.6. The summed E-state index contributed by atoms with van der Waals surface area (Å²) in [6.45, 7) is 1.14. The van der Waals surface area contributed by atoms with Gasteiger partial charge in [0.05, 0.1) is 5.92 Å². The highest BCUT2D eigenvalue weighted by Crippen LogP contribution is 2.33. The molecule has 6 heteroatoms. The molecule has 0 bridgehead atoms. The first-order valence-electron chi connectivity index (χ1n) is 6.59. The van der Waals surface area contributed by atoms with Gasteiger partial charge in [0.25, 0.3) is 0 Å². The summed E-state index contributed by atoms with van der Waals surface area (Å²) in [5, 5.41) is 0. The standard InChI is InChI=1S/C14H16BrF4N/c15-12-3-4-13(16)10(8-12)5-7-20-6-1-2-11(9-20)14(17,18)19/h3-4,8,11H,1-2,5-7,9H2. The van der Waals surface area contributed by atoms with Gasteiger partial charge in [0.15, 0.2) is 0 Å². The van der Waals surface area contributed by atoms with Gasteiger partial charge in [0.1, 0.15) is 5.82 Å². The average Bonchev–Trinajstić information content (AvgIpc) is 2.39. The van der Waals surface area contributed by atoms with E-state index >= 15 is 0 Å². The highest BCUT2D eigenvalue weighted by Gasteiger charge is 2.41. The maximum Gasteiger partial charge on any atom is 0.393 e. The zero-order valence-corrected chi connectivity index (χ0v) is 12.5. The van der Waals surface area contributed by atoms with Crippen LogP contribution in [0.4, 0.5) is 17.6 Å². The van der Waals surface area contributed by atoms with Crippen molar-refractivity contribution >= 4 is 15.9 Å². The molecule has 20 heavy (non-hydrogen) atoms. The first kappa shape index (κ1) is 15.8. The van der Waals surface area contributed by atoms with Crippen molar-refractivity contribution in [1.82, 2.24) is 4.90 Å². The topological polar surface area (TPSA) is 3.24 Å². The van der Waals surface area contributed by atoms with Crippen molar-refractivity contribution in [1.29, 1.82) is 0 Å². The molecule has 1 nitrogen and oxygen atoms in total. The quantitative estimate of drug-likeness (QED) is 0.727. The van der Waals surface area contributed by atoms with Crippen LogP contribution in [0.3, 0.4) is 0 Å². The SMILES string of the molecule is Fc1ccc(Br)cc1CCN1CCCC(C(F)(F)F)C1. The van der Waals surface area contributed by atoms with Gasteiger partial charge in [-0.1, -0.05) is 15.9 Å². The van der Waals surface area contributed by atoms with Crippen LogP contribution in [0.1, 0.15) is 18.4 Å². The van der Waals surface area contributed by atoms with Gasteiger partial charge in [-0.25, -0.2) is 4.39 Å². The first-order valence-corrected chi connectivity index (χ1v) is 7.38. The van der Waals surface area contributed by atoms with E-state index in [2.05, 4.69) is 15.9 Å². The Kier molecular flexibility index (Phi) is 5.07. The molecule has 1 aliphatic heterocycles. The van der Waals surface area contributed by atoms with Gasteiger partial charge in [-0.3, -0.25) is 0 Å². The Morgan fingerprint density at radius 1 is 1.30 bits per heavy atom. The highest BCUT2D eigenvalue weighted by atomic mass is 79.9. The summed E-state index contributed by atoms with van der Waals surface area (Å²) >= 11 is 3.27. The van der Waals surface area contributed by atoms with Crippen molar-refractivity contribution in [3.63, 3.8) is 0 Å². The fourth-order valence-corrected chi connectivity index (χ4v) is 2.95. The summed E-state index contributed by atoms with van der Waals surface area (Å²) in [5.41, 5.74) is 0.536. The molecule has 0 spiro atoms. The van der Waals surface area contributed by atoms with Crippen LogP contribution in [0.5, 0.6) is 0 Å². The van der Waals surface area contributed by atoms with Gasteiger partial charge in [0, 0.05) is 17.6 Å². The molecule has 1 heterocycles. The molecular formula is C14H16BrF4N. The van der Waals surface area contributed by atoms with Gasteiger partial charge < -0.3 is 4.90 Å². The second-order valence-corrected chi connectivity index (χ2v) is 6.08. The normalized spacial score (nSPS) is 21.1. The Labute approximate surface area is 124 Å². The molecule has 1 aromatic rings. The molecule has 0 radical (unpaired) electrons. The predicted octanol–water partition coefficient (Wildman–Crippen LogP) is 4.41. The lowest BCUT2D eigenvalue weighted by molar-refractivity contribution is -0.186. The second kappa shape index (κ2) is 6.43. The third-order valence-electron chi connectivity index (χ3n) is 3.67. The molecule has 0 N–H and O–H groups in total. The van der Waals surface area contributed by atoms with E-state index in [9.17, 15) is 17.6 Å². The maximum absolute atomic E-state index is 13.6. The fraction of sp³-hybridized carbons (Fsp3) is 0.571. The van der Waals surface area contributed by atoms with E-state index in [0.717, 1.165) is 4.47 Å². The van der Waals surface area contributed by atoms with Crippen molar-refractivity contribution in [3.05, 3.63) is 34.1 Å². The number of benzene rings is 1. The third-order valence-corrected chi connectivity index (χ3v) is 4.17. The zero-order valence-electron chi connectivity index (χ0n) is 10.9. The van der Waals surface area contributed by atoms with E-state index in [0.29, 0.717) is 31.5 Å². The average molecular weight is 354 g/mol. The van der Waals surface area contributed by atoms with Gasteiger partial charge >= 0.3 is 6.18 Å². The van der Waals surface area contributed by atoms with Crippen LogP contribution in [0.15, 0.2) is 22.7 Å². The lowest BCUT2D eigenvalue weighted by Gasteiger charge is -2.33. The van der Waals surface area contributed by atoms with Crippen LogP contribution in [0.25, 0.3) is 0 Å². The molecule has 1 aliphatic rings. The molecule has 1 aromatic carbocycles. The molecule has 0 saturated carbocycles. The summed E-state index contributed by atoms with van der Waals surface area (Å²) in [4.78, 5) is 1.78. The summed E-state index contributed by atoms with van der Waals surface area (Å²) in [6, 6.07) is 4.66. The Balaban J connectivity index is 1.92. The molecule has 1 fully saturated rings. The number of halogens is 5. The molecule has 2 rings (SSSR count). The molecule has 1 atom stereocenters. The second-order valence-electron chi connectivity index (χ2n) is 5.17. The van der Waals surface area contributed by atoms with Crippen LogP contribution < -0.4 is 0 Å². The zero-order chi connectivity index (χ0) is 14.8. The van der Waals surface area contributed by atoms with E-state index in [4.69, 9.17) is 0 Å². The van der Waals surface area contributed by atoms with Gasteiger partial charge in [0.2, 0.25) is 0 Å². The van der Waals surface area contributed by atoms with Gasteiger partial charge in [-0.15, -0.1) is 0 Å².